The Balaban J connectivity index is 0.00000217. The molecule has 4 amide bonds. The molecular formula is C28H42N4O4S. The van der Waals surface area contributed by atoms with Gasteiger partial charge in [-0.3, -0.25) is 24.1 Å². The number of benzene rings is 1. The maximum Gasteiger partial charge on any atom is 0.253 e. The molecule has 1 aromatic carbocycles. The number of aryl methyl sites for hydroxylation is 1. The van der Waals surface area contributed by atoms with Crippen molar-refractivity contribution in [3.8, 4) is 0 Å². The Morgan fingerprint density at radius 2 is 1.70 bits per heavy atom. The molecule has 9 heteroatoms. The SMILES string of the molecule is C=C(CNC(=O)CCCCCN1C(=O)C=CC1=O)NC(C)C(=O)Nc1ccc(CS)cc1CC.CCC. The van der Waals surface area contributed by atoms with Crippen LogP contribution in [0.3, 0.4) is 0 Å². The number of hydrogen-bond acceptors (Lipinski definition) is 6. The van der Waals surface area contributed by atoms with Gasteiger partial charge in [-0.1, -0.05) is 52.3 Å². The monoisotopic (exact) mass is 530 g/mol. The van der Waals surface area contributed by atoms with E-state index < -0.39 is 6.04 Å². The van der Waals surface area contributed by atoms with Crippen molar-refractivity contribution < 1.29 is 19.2 Å². The Kier molecular flexibility index (Phi) is 15.0. The fourth-order valence-electron chi connectivity index (χ4n) is 3.50. The second-order valence-corrected chi connectivity index (χ2v) is 9.23. The second kappa shape index (κ2) is 17.4. The zero-order valence-corrected chi connectivity index (χ0v) is 23.5. The van der Waals surface area contributed by atoms with E-state index in [0.29, 0.717) is 37.3 Å². The summed E-state index contributed by atoms with van der Waals surface area (Å²) in [6.45, 7) is 12.5. The van der Waals surface area contributed by atoms with Crippen LogP contribution in [0.5, 0.6) is 0 Å². The number of amides is 4. The number of carbonyl (C=O) groups excluding carboxylic acids is 4. The summed E-state index contributed by atoms with van der Waals surface area (Å²) in [6.07, 6.45) is 6.96. The van der Waals surface area contributed by atoms with Gasteiger partial charge in [0.25, 0.3) is 11.8 Å². The van der Waals surface area contributed by atoms with E-state index in [0.717, 1.165) is 29.7 Å². The molecule has 0 aliphatic carbocycles. The summed E-state index contributed by atoms with van der Waals surface area (Å²) in [5.74, 6) is -0.232. The van der Waals surface area contributed by atoms with E-state index in [2.05, 4.69) is 49.0 Å². The summed E-state index contributed by atoms with van der Waals surface area (Å²) in [6, 6.07) is 5.35. The van der Waals surface area contributed by atoms with Crippen molar-refractivity contribution in [3.05, 3.63) is 53.8 Å². The molecule has 204 valence electrons. The van der Waals surface area contributed by atoms with E-state index in [1.54, 1.807) is 6.92 Å². The lowest BCUT2D eigenvalue weighted by Crippen LogP contribution is -2.40. The van der Waals surface area contributed by atoms with Gasteiger partial charge >= 0.3 is 0 Å². The standard InChI is InChI=1S/C25H34N4O4S.C3H8/c1-4-20-14-19(16-34)9-10-21(20)28-25(33)18(3)27-17(2)15-26-22(30)8-6-5-7-13-29-23(31)11-12-24(29)32;1-3-2/h9-12,14,18,27,34H,2,4-8,13,15-16H2,1,3H3,(H,26,30)(H,28,33);3H2,1-2H3. The number of thiol groups is 1. The molecule has 0 fully saturated rings. The van der Waals surface area contributed by atoms with Crippen LogP contribution in [0.1, 0.15) is 70.9 Å². The van der Waals surface area contributed by atoms with Gasteiger partial charge in [0.05, 0.1) is 6.54 Å². The fraction of sp³-hybridized carbons (Fsp3) is 0.500. The largest absolute Gasteiger partial charge is 0.376 e. The third-order valence-electron chi connectivity index (χ3n) is 5.49. The molecule has 1 atom stereocenters. The minimum Gasteiger partial charge on any atom is -0.376 e. The van der Waals surface area contributed by atoms with Gasteiger partial charge in [-0.25, -0.2) is 0 Å². The molecule has 37 heavy (non-hydrogen) atoms. The minimum absolute atomic E-state index is 0.119. The molecule has 1 heterocycles. The number of nitrogens with one attached hydrogen (secondary N) is 3. The van der Waals surface area contributed by atoms with E-state index >= 15 is 0 Å². The van der Waals surface area contributed by atoms with E-state index in [9.17, 15) is 19.2 Å². The zero-order valence-electron chi connectivity index (χ0n) is 22.6. The van der Waals surface area contributed by atoms with Crippen molar-refractivity contribution in [1.82, 2.24) is 15.5 Å². The van der Waals surface area contributed by atoms with Gasteiger partial charge in [-0.2, -0.15) is 12.6 Å². The summed E-state index contributed by atoms with van der Waals surface area (Å²) in [4.78, 5) is 48.8. The lowest BCUT2D eigenvalue weighted by molar-refractivity contribution is -0.137. The summed E-state index contributed by atoms with van der Waals surface area (Å²) >= 11 is 4.29. The van der Waals surface area contributed by atoms with Gasteiger partial charge in [0, 0.05) is 42.3 Å². The molecule has 0 aromatic heterocycles. The molecule has 1 unspecified atom stereocenters. The van der Waals surface area contributed by atoms with Gasteiger partial charge < -0.3 is 16.0 Å². The second-order valence-electron chi connectivity index (χ2n) is 8.92. The van der Waals surface area contributed by atoms with Crippen LogP contribution in [0.4, 0.5) is 5.69 Å². The molecule has 1 aromatic rings. The van der Waals surface area contributed by atoms with E-state index in [4.69, 9.17) is 0 Å². The minimum atomic E-state index is -0.524. The predicted molar refractivity (Wildman–Crippen MR) is 152 cm³/mol. The van der Waals surface area contributed by atoms with Gasteiger partial charge in [0.2, 0.25) is 11.8 Å². The van der Waals surface area contributed by atoms with Crippen molar-refractivity contribution in [2.45, 2.75) is 78.0 Å². The van der Waals surface area contributed by atoms with Crippen LogP contribution in [0.25, 0.3) is 0 Å². The number of unbranched alkanes of at least 4 members (excludes halogenated alkanes) is 2. The molecule has 2 rings (SSSR count). The Bertz CT molecular complexity index is 959. The van der Waals surface area contributed by atoms with Crippen LogP contribution in [-0.2, 0) is 31.4 Å². The third kappa shape index (κ3) is 11.7. The molecule has 0 radical (unpaired) electrons. The van der Waals surface area contributed by atoms with Crippen LogP contribution in [0.2, 0.25) is 0 Å². The Hall–Kier alpha value is -3.07. The zero-order chi connectivity index (χ0) is 27.8. The quantitative estimate of drug-likeness (QED) is 0.164. The highest BCUT2D eigenvalue weighted by Gasteiger charge is 2.22. The van der Waals surface area contributed by atoms with Crippen LogP contribution in [-0.4, -0.2) is 47.7 Å². The van der Waals surface area contributed by atoms with Crippen LogP contribution in [0.15, 0.2) is 42.6 Å². The number of carbonyl (C=O) groups is 4. The van der Waals surface area contributed by atoms with Crippen molar-refractivity contribution in [3.63, 3.8) is 0 Å². The Morgan fingerprint density at radius 3 is 2.30 bits per heavy atom. The maximum atomic E-state index is 12.6. The van der Waals surface area contributed by atoms with Crippen molar-refractivity contribution in [2.24, 2.45) is 0 Å². The smallest absolute Gasteiger partial charge is 0.253 e. The molecule has 0 saturated carbocycles. The number of anilines is 1. The first-order valence-electron chi connectivity index (χ1n) is 12.9. The van der Waals surface area contributed by atoms with E-state index in [-0.39, 0.29) is 30.2 Å². The maximum absolute atomic E-state index is 12.6. The summed E-state index contributed by atoms with van der Waals surface area (Å²) in [7, 11) is 0. The number of hydrogen-bond donors (Lipinski definition) is 4. The molecular weight excluding hydrogens is 488 g/mol. The summed E-state index contributed by atoms with van der Waals surface area (Å²) < 4.78 is 0. The molecule has 1 aliphatic rings. The van der Waals surface area contributed by atoms with Crippen molar-refractivity contribution in [1.29, 1.82) is 0 Å². The molecule has 3 N–H and O–H groups in total. The van der Waals surface area contributed by atoms with Crippen LogP contribution in [0, 0.1) is 0 Å². The van der Waals surface area contributed by atoms with E-state index in [1.165, 1.54) is 23.5 Å². The Labute approximate surface area is 226 Å². The summed E-state index contributed by atoms with van der Waals surface area (Å²) in [5.41, 5.74) is 3.46. The van der Waals surface area contributed by atoms with Gasteiger partial charge in [0.15, 0.2) is 0 Å². The first-order valence-corrected chi connectivity index (χ1v) is 13.6. The van der Waals surface area contributed by atoms with Gasteiger partial charge in [-0.15, -0.1) is 0 Å². The average Bonchev–Trinajstić information content (AvgIpc) is 3.20. The van der Waals surface area contributed by atoms with Crippen LogP contribution < -0.4 is 16.0 Å². The topological polar surface area (TPSA) is 108 Å². The third-order valence-corrected chi connectivity index (χ3v) is 5.86. The molecule has 0 spiro atoms. The molecule has 1 aliphatic heterocycles. The lowest BCUT2D eigenvalue weighted by atomic mass is 10.1. The van der Waals surface area contributed by atoms with Gasteiger partial charge in [0.1, 0.15) is 6.04 Å². The molecule has 8 nitrogen and oxygen atoms in total. The van der Waals surface area contributed by atoms with Crippen molar-refractivity contribution in [2.75, 3.05) is 18.4 Å². The highest BCUT2D eigenvalue weighted by Crippen LogP contribution is 2.19. The Morgan fingerprint density at radius 1 is 1.05 bits per heavy atom. The summed E-state index contributed by atoms with van der Waals surface area (Å²) in [5, 5.41) is 8.75. The highest BCUT2D eigenvalue weighted by atomic mass is 32.1. The lowest BCUT2D eigenvalue weighted by Gasteiger charge is -2.19. The van der Waals surface area contributed by atoms with Gasteiger partial charge in [-0.05, 0) is 43.4 Å². The highest BCUT2D eigenvalue weighted by molar-refractivity contribution is 7.79. The fourth-order valence-corrected chi connectivity index (χ4v) is 3.70. The van der Waals surface area contributed by atoms with Crippen molar-refractivity contribution >= 4 is 41.9 Å². The number of rotatable bonds is 14. The predicted octanol–water partition coefficient (Wildman–Crippen LogP) is 4.13. The van der Waals surface area contributed by atoms with E-state index in [1.807, 2.05) is 25.1 Å². The number of nitrogens with zero attached hydrogens (tertiary/aromatic N) is 1. The molecule has 0 bridgehead atoms. The average molecular weight is 531 g/mol. The van der Waals surface area contributed by atoms with Crippen LogP contribution >= 0.6 is 12.6 Å². The molecule has 0 saturated heterocycles. The first-order chi connectivity index (χ1) is 17.7. The first kappa shape index (κ1) is 32.0. The number of imide groups is 1. The normalized spacial score (nSPS) is 13.1.